The molecule has 1 heterocycles. The Balaban J connectivity index is 0.00000136. The smallest absolute Gasteiger partial charge is 0.160 e. The molecule has 2 N–H and O–H groups in total. The van der Waals surface area contributed by atoms with Gasteiger partial charge < -0.3 is 5.73 Å². The van der Waals surface area contributed by atoms with Gasteiger partial charge in [0.25, 0.3) is 0 Å². The average Bonchev–Trinajstić information content (AvgIpc) is 2.69. The lowest BCUT2D eigenvalue weighted by Gasteiger charge is -2.08. The van der Waals surface area contributed by atoms with Crippen LogP contribution in [0.15, 0.2) is 64.7 Å². The lowest BCUT2D eigenvalue weighted by molar-refractivity contribution is 0.585. The molecule has 0 bridgehead atoms. The topological polar surface area (TPSA) is 63.6 Å². The molecule has 28 heavy (non-hydrogen) atoms. The Bertz CT molecular complexity index is 996. The molecular formula is C22H22F2N4. The maximum Gasteiger partial charge on any atom is 0.160 e. The highest BCUT2D eigenvalue weighted by atomic mass is 19.1. The highest BCUT2D eigenvalue weighted by molar-refractivity contribution is 6.02. The number of hydrogen-bond acceptors (Lipinski definition) is 3. The van der Waals surface area contributed by atoms with Crippen LogP contribution in [0.4, 0.5) is 14.5 Å². The zero-order chi connectivity index (χ0) is 20.7. The highest BCUT2D eigenvalue weighted by Gasteiger charge is 2.09. The van der Waals surface area contributed by atoms with Gasteiger partial charge in [-0.05, 0) is 75.1 Å². The average molecular weight is 380 g/mol. The maximum absolute atomic E-state index is 14.0. The second-order valence-electron chi connectivity index (χ2n) is 5.91. The number of benzene rings is 2. The molecule has 0 saturated carbocycles. The molecule has 4 nitrogen and oxygen atoms in total. The van der Waals surface area contributed by atoms with E-state index in [1.807, 2.05) is 32.0 Å². The number of hydrogen-bond donors (Lipinski definition) is 1. The summed E-state index contributed by atoms with van der Waals surface area (Å²) in [5.74, 6) is -0.737. The first kappa shape index (κ1) is 21.1. The van der Waals surface area contributed by atoms with Crippen molar-refractivity contribution in [1.82, 2.24) is 4.98 Å². The van der Waals surface area contributed by atoms with Gasteiger partial charge in [-0.2, -0.15) is 0 Å². The quantitative estimate of drug-likeness (QED) is 0.513. The molecule has 0 radical (unpaired) electrons. The molecule has 3 rings (SSSR count). The molecule has 144 valence electrons. The molecule has 0 saturated heterocycles. The fourth-order valence-corrected chi connectivity index (χ4v) is 2.58. The molecular weight excluding hydrogens is 358 g/mol. The number of aryl methyl sites for hydroxylation is 2. The van der Waals surface area contributed by atoms with Crippen molar-refractivity contribution in [1.29, 1.82) is 0 Å². The van der Waals surface area contributed by atoms with Gasteiger partial charge in [-0.3, -0.25) is 4.98 Å². The molecule has 0 aliphatic heterocycles. The van der Waals surface area contributed by atoms with E-state index in [2.05, 4.69) is 27.4 Å². The molecule has 2 aromatic carbocycles. The monoisotopic (exact) mass is 380 g/mol. The summed E-state index contributed by atoms with van der Waals surface area (Å²) >= 11 is 0. The standard InChI is InChI=1S/C21H17F2N3.CH5N/c1-13-10-15(18-8-7-17(22)11-19(18)23)6-9-20(13)26-21(24-3)16-5-4-14(2)25-12-16;1-2/h4-12H,3H2,1-2H3;2H2,1H3. The summed E-state index contributed by atoms with van der Waals surface area (Å²) < 4.78 is 27.1. The minimum atomic E-state index is -0.599. The Morgan fingerprint density at radius 1 is 1.00 bits per heavy atom. The van der Waals surface area contributed by atoms with Crippen molar-refractivity contribution in [3.63, 3.8) is 0 Å². The third-order valence-corrected chi connectivity index (χ3v) is 3.98. The first-order valence-electron chi connectivity index (χ1n) is 8.60. The summed E-state index contributed by atoms with van der Waals surface area (Å²) in [4.78, 5) is 12.8. The van der Waals surface area contributed by atoms with Crippen LogP contribution in [0.3, 0.4) is 0 Å². The van der Waals surface area contributed by atoms with Crippen LogP contribution >= 0.6 is 0 Å². The lowest BCUT2D eigenvalue weighted by atomic mass is 10.0. The van der Waals surface area contributed by atoms with Gasteiger partial charge >= 0.3 is 0 Å². The lowest BCUT2D eigenvalue weighted by Crippen LogP contribution is -1.98. The number of pyridine rings is 1. The van der Waals surface area contributed by atoms with E-state index in [0.29, 0.717) is 22.6 Å². The second kappa shape index (κ2) is 9.62. The van der Waals surface area contributed by atoms with Crippen LogP contribution in [0.1, 0.15) is 16.8 Å². The Labute approximate surface area is 163 Å². The van der Waals surface area contributed by atoms with Crippen molar-refractivity contribution in [2.45, 2.75) is 13.8 Å². The maximum atomic E-state index is 14.0. The zero-order valence-corrected chi connectivity index (χ0v) is 16.1. The summed E-state index contributed by atoms with van der Waals surface area (Å²) in [5.41, 5.74) is 8.70. The normalized spacial score (nSPS) is 10.9. The van der Waals surface area contributed by atoms with Gasteiger partial charge in [-0.25, -0.2) is 18.8 Å². The number of amidine groups is 1. The summed E-state index contributed by atoms with van der Waals surface area (Å²) in [7, 11) is 1.50. The number of rotatable bonds is 3. The first-order valence-corrected chi connectivity index (χ1v) is 8.60. The van der Waals surface area contributed by atoms with Gasteiger partial charge in [-0.15, -0.1) is 0 Å². The van der Waals surface area contributed by atoms with Gasteiger partial charge in [0, 0.05) is 29.1 Å². The molecule has 0 aliphatic carbocycles. The van der Waals surface area contributed by atoms with Gasteiger partial charge in [0.15, 0.2) is 5.84 Å². The van der Waals surface area contributed by atoms with Crippen LogP contribution in [-0.4, -0.2) is 24.6 Å². The van der Waals surface area contributed by atoms with E-state index in [0.717, 1.165) is 22.9 Å². The Kier molecular flexibility index (Phi) is 7.23. The van der Waals surface area contributed by atoms with Crippen LogP contribution in [-0.2, 0) is 0 Å². The van der Waals surface area contributed by atoms with E-state index in [1.165, 1.54) is 19.2 Å². The molecule has 0 fully saturated rings. The fourth-order valence-electron chi connectivity index (χ4n) is 2.58. The molecule has 0 spiro atoms. The van der Waals surface area contributed by atoms with Gasteiger partial charge in [0.05, 0.1) is 5.69 Å². The van der Waals surface area contributed by atoms with Crippen LogP contribution in [0.25, 0.3) is 11.1 Å². The second-order valence-corrected chi connectivity index (χ2v) is 5.91. The van der Waals surface area contributed by atoms with Gasteiger partial charge in [0.1, 0.15) is 11.6 Å². The van der Waals surface area contributed by atoms with E-state index in [-0.39, 0.29) is 0 Å². The molecule has 6 heteroatoms. The van der Waals surface area contributed by atoms with Gasteiger partial charge in [0.2, 0.25) is 0 Å². The molecule has 0 atom stereocenters. The van der Waals surface area contributed by atoms with Crippen molar-refractivity contribution in [3.05, 3.63) is 83.2 Å². The zero-order valence-electron chi connectivity index (χ0n) is 16.1. The number of nitrogens with two attached hydrogens (primary N) is 1. The molecule has 0 unspecified atom stereocenters. The van der Waals surface area contributed by atoms with Crippen molar-refractivity contribution in [2.75, 3.05) is 7.05 Å². The number of halogens is 2. The summed E-state index contributed by atoms with van der Waals surface area (Å²) in [6.07, 6.45) is 1.69. The van der Waals surface area contributed by atoms with E-state index >= 15 is 0 Å². The molecule has 1 aromatic heterocycles. The molecule has 3 aromatic rings. The van der Waals surface area contributed by atoms with Crippen LogP contribution < -0.4 is 5.73 Å². The minimum absolute atomic E-state index is 0.342. The predicted molar refractivity (Wildman–Crippen MR) is 111 cm³/mol. The highest BCUT2D eigenvalue weighted by Crippen LogP contribution is 2.29. The fraction of sp³-hybridized carbons (Fsp3) is 0.136. The van der Waals surface area contributed by atoms with Crippen LogP contribution in [0.5, 0.6) is 0 Å². The van der Waals surface area contributed by atoms with Crippen LogP contribution in [0.2, 0.25) is 0 Å². The summed E-state index contributed by atoms with van der Waals surface area (Å²) in [6.45, 7) is 7.35. The van der Waals surface area contributed by atoms with Crippen molar-refractivity contribution in [3.8, 4) is 11.1 Å². The first-order chi connectivity index (χ1) is 13.5. The van der Waals surface area contributed by atoms with Crippen molar-refractivity contribution < 1.29 is 8.78 Å². The Hall–Kier alpha value is -3.25. The third-order valence-electron chi connectivity index (χ3n) is 3.98. The van der Waals surface area contributed by atoms with Crippen molar-refractivity contribution >= 4 is 18.2 Å². The minimum Gasteiger partial charge on any atom is -0.333 e. The van der Waals surface area contributed by atoms with Crippen LogP contribution in [0, 0.1) is 25.5 Å². The van der Waals surface area contributed by atoms with E-state index < -0.39 is 11.6 Å². The van der Waals surface area contributed by atoms with Crippen molar-refractivity contribution in [2.24, 2.45) is 15.7 Å². The Morgan fingerprint density at radius 2 is 1.75 bits per heavy atom. The third kappa shape index (κ3) is 4.92. The van der Waals surface area contributed by atoms with Gasteiger partial charge in [-0.1, -0.05) is 6.07 Å². The van der Waals surface area contributed by atoms with E-state index in [9.17, 15) is 8.78 Å². The molecule has 0 amide bonds. The Morgan fingerprint density at radius 3 is 2.32 bits per heavy atom. The molecule has 0 aliphatic rings. The number of nitrogens with zero attached hydrogens (tertiary/aromatic N) is 3. The largest absolute Gasteiger partial charge is 0.333 e. The van der Waals surface area contributed by atoms with E-state index in [1.54, 1.807) is 18.3 Å². The summed E-state index contributed by atoms with van der Waals surface area (Å²) in [5, 5.41) is 0. The predicted octanol–water partition coefficient (Wildman–Crippen LogP) is 5.00. The summed E-state index contributed by atoms with van der Waals surface area (Å²) in [6, 6.07) is 12.6. The number of aromatic nitrogens is 1. The number of aliphatic imine (C=N–C) groups is 2. The SMILES string of the molecule is C=NC(=Nc1ccc(-c2ccc(F)cc2F)cc1C)c1ccc(C)nc1.CN. The van der Waals surface area contributed by atoms with E-state index in [4.69, 9.17) is 0 Å².